The van der Waals surface area contributed by atoms with Crippen LogP contribution in [-0.4, -0.2) is 67.0 Å². The highest BCUT2D eigenvalue weighted by molar-refractivity contribution is 7.89. The Hall–Kier alpha value is -3.02. The van der Waals surface area contributed by atoms with Crippen molar-refractivity contribution in [2.75, 3.05) is 38.1 Å². The van der Waals surface area contributed by atoms with Crippen LogP contribution in [0.2, 0.25) is 0 Å². The lowest BCUT2D eigenvalue weighted by Crippen LogP contribution is -2.44. The van der Waals surface area contributed by atoms with Gasteiger partial charge < -0.3 is 19.7 Å². The number of aromatic nitrogens is 3. The van der Waals surface area contributed by atoms with Gasteiger partial charge in [0.15, 0.2) is 0 Å². The third kappa shape index (κ3) is 6.16. The molecule has 0 bridgehead atoms. The van der Waals surface area contributed by atoms with Gasteiger partial charge in [-0.3, -0.25) is 4.79 Å². The van der Waals surface area contributed by atoms with E-state index >= 15 is 0 Å². The lowest BCUT2D eigenvalue weighted by Gasteiger charge is -2.33. The minimum atomic E-state index is -3.80. The number of rotatable bonds is 9. The van der Waals surface area contributed by atoms with Crippen molar-refractivity contribution in [3.8, 4) is 0 Å². The van der Waals surface area contributed by atoms with Crippen LogP contribution in [0, 0.1) is 0 Å². The molecule has 1 aromatic carbocycles. The van der Waals surface area contributed by atoms with Gasteiger partial charge in [-0.1, -0.05) is 13.0 Å². The molecule has 4 rings (SSSR count). The van der Waals surface area contributed by atoms with Crippen LogP contribution in [0.4, 0.5) is 5.82 Å². The van der Waals surface area contributed by atoms with Gasteiger partial charge in [-0.15, -0.1) is 0 Å². The van der Waals surface area contributed by atoms with Gasteiger partial charge in [0.1, 0.15) is 11.6 Å². The summed E-state index contributed by atoms with van der Waals surface area (Å²) in [7, 11) is -1.68. The predicted molar refractivity (Wildman–Crippen MR) is 136 cm³/mol. The highest BCUT2D eigenvalue weighted by Crippen LogP contribution is 2.21. The van der Waals surface area contributed by atoms with E-state index in [4.69, 9.17) is 5.14 Å². The quantitative estimate of drug-likeness (QED) is 0.457. The minimum Gasteiger partial charge on any atom is -0.354 e. The average Bonchev–Trinajstić information content (AvgIpc) is 3.18. The number of benzene rings is 1. The number of hydrogen-bond acceptors (Lipinski definition) is 7. The summed E-state index contributed by atoms with van der Waals surface area (Å²) in [6, 6.07) is 8.71. The Labute approximate surface area is 206 Å². The number of carbonyl (C=O) groups excluding carboxylic acids is 1. The summed E-state index contributed by atoms with van der Waals surface area (Å²) in [6.45, 7) is 7.19. The standard InChI is InChI=1S/C24H33N7O3S/c1-3-10-31-21-6-5-19(35(25,33)34)15-20(21)28-23(31)8-9-24(32)27-17-18-4-7-22(26-16-18)30-13-11-29(2)12-14-30/h4-7,15-16H,3,8-14,17H2,1-2H3,(H,27,32)(H2,25,33,34). The molecule has 0 unspecified atom stereocenters. The number of hydrogen-bond donors (Lipinski definition) is 2. The number of carbonyl (C=O) groups is 1. The van der Waals surface area contributed by atoms with Crippen molar-refractivity contribution >= 4 is 32.8 Å². The van der Waals surface area contributed by atoms with Crippen molar-refractivity contribution in [3.63, 3.8) is 0 Å². The van der Waals surface area contributed by atoms with E-state index in [1.54, 1.807) is 6.07 Å². The maximum absolute atomic E-state index is 12.5. The number of piperazine rings is 1. The first-order valence-corrected chi connectivity index (χ1v) is 13.5. The molecule has 3 aromatic rings. The van der Waals surface area contributed by atoms with Crippen LogP contribution in [0.25, 0.3) is 11.0 Å². The first-order valence-electron chi connectivity index (χ1n) is 11.9. The first kappa shape index (κ1) is 25.1. The Morgan fingerprint density at radius 1 is 1.14 bits per heavy atom. The number of nitrogens with one attached hydrogen (secondary N) is 1. The fourth-order valence-corrected chi connectivity index (χ4v) is 4.79. The number of sulfonamides is 1. The molecule has 11 heteroatoms. The van der Waals surface area contributed by atoms with Crippen LogP contribution in [0.1, 0.15) is 31.2 Å². The van der Waals surface area contributed by atoms with Gasteiger partial charge in [-0.05, 0) is 43.3 Å². The Morgan fingerprint density at radius 2 is 1.91 bits per heavy atom. The number of amides is 1. The summed E-state index contributed by atoms with van der Waals surface area (Å²) < 4.78 is 25.4. The molecule has 10 nitrogen and oxygen atoms in total. The van der Waals surface area contributed by atoms with Crippen molar-refractivity contribution in [2.45, 2.75) is 44.2 Å². The smallest absolute Gasteiger partial charge is 0.238 e. The number of aryl methyl sites for hydroxylation is 2. The molecule has 0 spiro atoms. The van der Waals surface area contributed by atoms with E-state index < -0.39 is 10.0 Å². The molecule has 1 saturated heterocycles. The van der Waals surface area contributed by atoms with Crippen molar-refractivity contribution < 1.29 is 13.2 Å². The van der Waals surface area contributed by atoms with E-state index in [0.29, 0.717) is 18.5 Å². The summed E-state index contributed by atoms with van der Waals surface area (Å²) in [5.41, 5.74) is 2.35. The largest absolute Gasteiger partial charge is 0.354 e. The summed E-state index contributed by atoms with van der Waals surface area (Å²) in [6.07, 6.45) is 3.43. The second-order valence-corrected chi connectivity index (χ2v) is 10.5. The van der Waals surface area contributed by atoms with E-state index in [0.717, 1.165) is 61.9 Å². The van der Waals surface area contributed by atoms with Gasteiger partial charge in [0, 0.05) is 58.3 Å². The molecule has 0 radical (unpaired) electrons. The van der Waals surface area contributed by atoms with E-state index in [9.17, 15) is 13.2 Å². The number of imidazole rings is 1. The molecule has 1 amide bonds. The molecule has 2 aromatic heterocycles. The van der Waals surface area contributed by atoms with E-state index in [1.165, 1.54) is 12.1 Å². The zero-order valence-electron chi connectivity index (χ0n) is 20.3. The highest BCUT2D eigenvalue weighted by atomic mass is 32.2. The van der Waals surface area contributed by atoms with Crippen molar-refractivity contribution in [2.24, 2.45) is 5.14 Å². The van der Waals surface area contributed by atoms with E-state index in [1.807, 2.05) is 22.9 Å². The molecule has 0 atom stereocenters. The summed E-state index contributed by atoms with van der Waals surface area (Å²) in [5, 5.41) is 8.21. The van der Waals surface area contributed by atoms with Crippen LogP contribution < -0.4 is 15.4 Å². The summed E-state index contributed by atoms with van der Waals surface area (Å²) in [4.78, 5) is 26.3. The second-order valence-electron chi connectivity index (χ2n) is 8.97. The molecule has 3 N–H and O–H groups in total. The molecule has 188 valence electrons. The zero-order chi connectivity index (χ0) is 25.0. The predicted octanol–water partition coefficient (Wildman–Crippen LogP) is 1.49. The SMILES string of the molecule is CCCn1c(CCC(=O)NCc2ccc(N3CCN(C)CC3)nc2)nc2cc(S(N)(=O)=O)ccc21. The van der Waals surface area contributed by atoms with Crippen LogP contribution >= 0.6 is 0 Å². The summed E-state index contributed by atoms with van der Waals surface area (Å²) >= 11 is 0. The van der Waals surface area contributed by atoms with E-state index in [-0.39, 0.29) is 17.2 Å². The zero-order valence-corrected chi connectivity index (χ0v) is 21.1. The van der Waals surface area contributed by atoms with Gasteiger partial charge in [0.05, 0.1) is 15.9 Å². The highest BCUT2D eigenvalue weighted by Gasteiger charge is 2.17. The minimum absolute atomic E-state index is 0.0303. The molecule has 1 aliphatic rings. The molecule has 0 aliphatic carbocycles. The third-order valence-electron chi connectivity index (χ3n) is 6.28. The number of likely N-dealkylation sites (N-methyl/N-ethyl adjacent to an activating group) is 1. The maximum atomic E-state index is 12.5. The number of anilines is 1. The fraction of sp³-hybridized carbons (Fsp3) is 0.458. The Morgan fingerprint density at radius 3 is 2.57 bits per heavy atom. The molecule has 35 heavy (non-hydrogen) atoms. The number of primary sulfonamides is 1. The Bertz CT molecular complexity index is 1280. The number of nitrogens with two attached hydrogens (primary N) is 1. The van der Waals surface area contributed by atoms with E-state index in [2.05, 4.69) is 39.1 Å². The normalized spacial score (nSPS) is 15.0. The molecule has 3 heterocycles. The third-order valence-corrected chi connectivity index (χ3v) is 7.19. The van der Waals surface area contributed by atoms with Gasteiger partial charge >= 0.3 is 0 Å². The van der Waals surface area contributed by atoms with Gasteiger partial charge in [-0.25, -0.2) is 23.5 Å². The lowest BCUT2D eigenvalue weighted by molar-refractivity contribution is -0.121. The van der Waals surface area contributed by atoms with Crippen molar-refractivity contribution in [1.29, 1.82) is 0 Å². The average molecular weight is 500 g/mol. The van der Waals surface area contributed by atoms with Crippen molar-refractivity contribution in [1.82, 2.24) is 24.8 Å². The van der Waals surface area contributed by atoms with Crippen LogP contribution in [-0.2, 0) is 34.3 Å². The molecule has 1 aliphatic heterocycles. The molecular weight excluding hydrogens is 466 g/mol. The molecule has 0 saturated carbocycles. The molecule has 1 fully saturated rings. The van der Waals surface area contributed by atoms with Crippen molar-refractivity contribution in [3.05, 3.63) is 47.9 Å². The Balaban J connectivity index is 1.35. The summed E-state index contributed by atoms with van der Waals surface area (Å²) in [5.74, 6) is 1.64. The second kappa shape index (κ2) is 10.7. The van der Waals surface area contributed by atoms with Gasteiger partial charge in [-0.2, -0.15) is 0 Å². The first-order chi connectivity index (χ1) is 16.7. The van der Waals surface area contributed by atoms with Gasteiger partial charge in [0.25, 0.3) is 0 Å². The van der Waals surface area contributed by atoms with Crippen LogP contribution in [0.5, 0.6) is 0 Å². The number of nitrogens with zero attached hydrogens (tertiary/aromatic N) is 5. The van der Waals surface area contributed by atoms with Crippen LogP contribution in [0.15, 0.2) is 41.4 Å². The topological polar surface area (TPSA) is 126 Å². The van der Waals surface area contributed by atoms with Crippen LogP contribution in [0.3, 0.4) is 0 Å². The monoisotopic (exact) mass is 499 g/mol. The number of pyridine rings is 1. The Kier molecular flexibility index (Phi) is 7.68. The van der Waals surface area contributed by atoms with Gasteiger partial charge in [0.2, 0.25) is 15.9 Å². The fourth-order valence-electron chi connectivity index (χ4n) is 4.26. The maximum Gasteiger partial charge on any atom is 0.238 e. The molecular formula is C24H33N7O3S. The number of fused-ring (bicyclic) bond motifs is 1. The lowest BCUT2D eigenvalue weighted by atomic mass is 10.2.